The summed E-state index contributed by atoms with van der Waals surface area (Å²) >= 11 is 0. The van der Waals surface area contributed by atoms with Crippen molar-refractivity contribution in [2.75, 3.05) is 0 Å². The minimum absolute atomic E-state index is 0.209. The van der Waals surface area contributed by atoms with Crippen LogP contribution in [0.5, 0.6) is 0 Å². The lowest BCUT2D eigenvalue weighted by molar-refractivity contribution is 0.337. The van der Waals surface area contributed by atoms with E-state index in [9.17, 15) is 0 Å². The monoisotopic (exact) mass is 247 g/mol. The zero-order valence-corrected chi connectivity index (χ0v) is 12.7. The van der Waals surface area contributed by atoms with Crippen LogP contribution in [0.3, 0.4) is 0 Å². The Morgan fingerprint density at radius 3 is 2.22 bits per heavy atom. The van der Waals surface area contributed by atoms with Crippen molar-refractivity contribution >= 4 is 0 Å². The van der Waals surface area contributed by atoms with E-state index in [4.69, 9.17) is 0 Å². The Morgan fingerprint density at radius 1 is 1.11 bits per heavy atom. The molecule has 0 heterocycles. The fourth-order valence-electron chi connectivity index (χ4n) is 2.13. The van der Waals surface area contributed by atoms with Crippen molar-refractivity contribution in [3.05, 3.63) is 35.4 Å². The number of nitrogens with one attached hydrogen (secondary N) is 1. The van der Waals surface area contributed by atoms with E-state index in [1.54, 1.807) is 0 Å². The molecule has 0 spiro atoms. The highest BCUT2D eigenvalue weighted by Crippen LogP contribution is 2.19. The molecule has 1 aromatic carbocycles. The Bertz CT molecular complexity index is 337. The molecule has 0 aliphatic carbocycles. The van der Waals surface area contributed by atoms with Gasteiger partial charge < -0.3 is 5.32 Å². The first-order valence-electron chi connectivity index (χ1n) is 7.35. The molecule has 1 nitrogen and oxygen atoms in total. The Balaban J connectivity index is 2.61. The van der Waals surface area contributed by atoms with Gasteiger partial charge in [-0.1, -0.05) is 44.5 Å². The van der Waals surface area contributed by atoms with Gasteiger partial charge in [0.05, 0.1) is 0 Å². The van der Waals surface area contributed by atoms with Crippen LogP contribution in [-0.4, -0.2) is 5.54 Å². The van der Waals surface area contributed by atoms with E-state index in [0.29, 0.717) is 6.04 Å². The van der Waals surface area contributed by atoms with E-state index < -0.39 is 0 Å². The van der Waals surface area contributed by atoms with Crippen LogP contribution in [0.1, 0.15) is 71.0 Å². The van der Waals surface area contributed by atoms with Crippen molar-refractivity contribution in [2.24, 2.45) is 0 Å². The lowest BCUT2D eigenvalue weighted by Gasteiger charge is -2.29. The number of aryl methyl sites for hydroxylation is 1. The summed E-state index contributed by atoms with van der Waals surface area (Å²) in [4.78, 5) is 0. The van der Waals surface area contributed by atoms with Crippen LogP contribution >= 0.6 is 0 Å². The van der Waals surface area contributed by atoms with Crippen molar-refractivity contribution in [3.8, 4) is 0 Å². The standard InChI is InChI=1S/C17H29N/c1-6-8-9-15-10-12-16(13-11-15)14(3)18-17(4,5)7-2/h10-14,18H,6-9H2,1-5H3. The molecule has 1 aromatic rings. The zero-order valence-electron chi connectivity index (χ0n) is 12.7. The second kappa shape index (κ2) is 6.94. The molecule has 0 bridgehead atoms. The van der Waals surface area contributed by atoms with E-state index in [-0.39, 0.29) is 5.54 Å². The van der Waals surface area contributed by atoms with Gasteiger partial charge in [0.2, 0.25) is 0 Å². The number of benzene rings is 1. The fraction of sp³-hybridized carbons (Fsp3) is 0.647. The van der Waals surface area contributed by atoms with Crippen LogP contribution in [0, 0.1) is 0 Å². The lowest BCUT2D eigenvalue weighted by Crippen LogP contribution is -2.40. The Labute approximate surface area is 113 Å². The lowest BCUT2D eigenvalue weighted by atomic mass is 9.97. The maximum absolute atomic E-state index is 3.68. The van der Waals surface area contributed by atoms with E-state index in [1.165, 1.54) is 30.4 Å². The third-order valence-electron chi connectivity index (χ3n) is 3.79. The highest BCUT2D eigenvalue weighted by molar-refractivity contribution is 5.25. The predicted octanol–water partition coefficient (Wildman–Crippen LogP) is 4.87. The molecule has 1 N–H and O–H groups in total. The summed E-state index contributed by atoms with van der Waals surface area (Å²) in [5, 5.41) is 3.68. The highest BCUT2D eigenvalue weighted by atomic mass is 15.0. The molecule has 1 heteroatoms. The first kappa shape index (κ1) is 15.2. The van der Waals surface area contributed by atoms with Gasteiger partial charge in [0.25, 0.3) is 0 Å². The molecule has 0 saturated carbocycles. The van der Waals surface area contributed by atoms with Gasteiger partial charge >= 0.3 is 0 Å². The molecule has 1 rings (SSSR count). The molecule has 1 atom stereocenters. The van der Waals surface area contributed by atoms with Crippen LogP contribution in [0.4, 0.5) is 0 Å². The first-order valence-corrected chi connectivity index (χ1v) is 7.35. The molecule has 0 aliphatic rings. The molecule has 0 aliphatic heterocycles. The van der Waals surface area contributed by atoms with Gasteiger partial charge in [-0.15, -0.1) is 0 Å². The van der Waals surface area contributed by atoms with Gasteiger partial charge in [-0.05, 0) is 51.2 Å². The van der Waals surface area contributed by atoms with Crippen LogP contribution in [0.25, 0.3) is 0 Å². The zero-order chi connectivity index (χ0) is 13.6. The average molecular weight is 247 g/mol. The smallest absolute Gasteiger partial charge is 0.0296 e. The normalized spacial score (nSPS) is 13.6. The van der Waals surface area contributed by atoms with Crippen molar-refractivity contribution in [2.45, 2.75) is 71.9 Å². The van der Waals surface area contributed by atoms with Gasteiger partial charge in [0.1, 0.15) is 0 Å². The van der Waals surface area contributed by atoms with E-state index in [2.05, 4.69) is 64.2 Å². The molecular weight excluding hydrogens is 218 g/mol. The summed E-state index contributed by atoms with van der Waals surface area (Å²) in [6.45, 7) is 11.2. The summed E-state index contributed by atoms with van der Waals surface area (Å²) in [5.41, 5.74) is 3.06. The van der Waals surface area contributed by atoms with E-state index in [1.807, 2.05) is 0 Å². The quantitative estimate of drug-likeness (QED) is 0.725. The first-order chi connectivity index (χ1) is 8.48. The van der Waals surface area contributed by atoms with Gasteiger partial charge in [-0.3, -0.25) is 0 Å². The predicted molar refractivity (Wildman–Crippen MR) is 81.0 cm³/mol. The average Bonchev–Trinajstić information content (AvgIpc) is 2.36. The van der Waals surface area contributed by atoms with Crippen LogP contribution < -0.4 is 5.32 Å². The van der Waals surface area contributed by atoms with Gasteiger partial charge in [-0.25, -0.2) is 0 Å². The molecular formula is C17H29N. The SMILES string of the molecule is CCCCc1ccc(C(C)NC(C)(C)CC)cc1. The number of hydrogen-bond donors (Lipinski definition) is 1. The Kier molecular flexibility index (Phi) is 5.87. The molecule has 102 valence electrons. The van der Waals surface area contributed by atoms with Gasteiger partial charge in [0.15, 0.2) is 0 Å². The maximum Gasteiger partial charge on any atom is 0.0296 e. The number of unbranched alkanes of at least 4 members (excludes halogenated alkanes) is 1. The maximum atomic E-state index is 3.68. The van der Waals surface area contributed by atoms with Gasteiger partial charge in [0, 0.05) is 11.6 Å². The highest BCUT2D eigenvalue weighted by Gasteiger charge is 2.18. The summed E-state index contributed by atoms with van der Waals surface area (Å²) in [5.74, 6) is 0. The second-order valence-electron chi connectivity index (χ2n) is 5.95. The fourth-order valence-corrected chi connectivity index (χ4v) is 2.13. The van der Waals surface area contributed by atoms with Crippen molar-refractivity contribution in [1.29, 1.82) is 0 Å². The van der Waals surface area contributed by atoms with Crippen LogP contribution in [0.15, 0.2) is 24.3 Å². The van der Waals surface area contributed by atoms with E-state index in [0.717, 1.165) is 6.42 Å². The molecule has 0 radical (unpaired) electrons. The molecule has 18 heavy (non-hydrogen) atoms. The van der Waals surface area contributed by atoms with Gasteiger partial charge in [-0.2, -0.15) is 0 Å². The summed E-state index contributed by atoms with van der Waals surface area (Å²) in [7, 11) is 0. The second-order valence-corrected chi connectivity index (χ2v) is 5.95. The van der Waals surface area contributed by atoms with E-state index >= 15 is 0 Å². The Morgan fingerprint density at radius 2 is 1.72 bits per heavy atom. The van der Waals surface area contributed by atoms with Crippen LogP contribution in [-0.2, 0) is 6.42 Å². The topological polar surface area (TPSA) is 12.0 Å². The Hall–Kier alpha value is -0.820. The van der Waals surface area contributed by atoms with Crippen molar-refractivity contribution in [1.82, 2.24) is 5.32 Å². The molecule has 0 aromatic heterocycles. The molecule has 1 unspecified atom stereocenters. The minimum atomic E-state index is 0.209. The third kappa shape index (κ3) is 4.81. The molecule has 0 saturated heterocycles. The summed E-state index contributed by atoms with van der Waals surface area (Å²) in [6.07, 6.45) is 4.91. The molecule has 0 fully saturated rings. The van der Waals surface area contributed by atoms with Crippen molar-refractivity contribution < 1.29 is 0 Å². The minimum Gasteiger partial charge on any atom is -0.305 e. The summed E-state index contributed by atoms with van der Waals surface area (Å²) < 4.78 is 0. The number of hydrogen-bond acceptors (Lipinski definition) is 1. The van der Waals surface area contributed by atoms with Crippen LogP contribution in [0.2, 0.25) is 0 Å². The largest absolute Gasteiger partial charge is 0.305 e. The molecule has 0 amide bonds. The third-order valence-corrected chi connectivity index (χ3v) is 3.79. The number of rotatable bonds is 7. The van der Waals surface area contributed by atoms with Crippen molar-refractivity contribution in [3.63, 3.8) is 0 Å². The summed E-state index contributed by atoms with van der Waals surface area (Å²) in [6, 6.07) is 9.52.